The van der Waals surface area contributed by atoms with Crippen LogP contribution in [0.1, 0.15) is 76.6 Å². The minimum absolute atomic E-state index is 0.112. The van der Waals surface area contributed by atoms with E-state index in [0.29, 0.717) is 18.1 Å². The number of nitrogens with zero attached hydrogens (tertiary/aromatic N) is 2. The lowest BCUT2D eigenvalue weighted by atomic mass is 10.1. The largest absolute Gasteiger partial charge is 0.365 e. The highest BCUT2D eigenvalue weighted by Gasteiger charge is 2.24. The molecule has 0 aliphatic heterocycles. The van der Waals surface area contributed by atoms with Crippen molar-refractivity contribution >= 4 is 5.91 Å². The van der Waals surface area contributed by atoms with Crippen LogP contribution in [0.15, 0.2) is 4.52 Å². The lowest BCUT2D eigenvalue weighted by Gasteiger charge is -2.22. The number of ether oxygens (including phenoxy) is 1. The minimum atomic E-state index is -0.454. The summed E-state index contributed by atoms with van der Waals surface area (Å²) in [6, 6.07) is -0.231. The van der Waals surface area contributed by atoms with Crippen LogP contribution in [-0.4, -0.2) is 28.3 Å². The second-order valence-electron chi connectivity index (χ2n) is 6.03. The fourth-order valence-electron chi connectivity index (χ4n) is 2.82. The van der Waals surface area contributed by atoms with Gasteiger partial charge in [-0.1, -0.05) is 37.8 Å². The van der Waals surface area contributed by atoms with Gasteiger partial charge in [-0.3, -0.25) is 4.79 Å². The van der Waals surface area contributed by atoms with Gasteiger partial charge in [0.2, 0.25) is 11.8 Å². The predicted molar refractivity (Wildman–Crippen MR) is 82.2 cm³/mol. The third-order valence-corrected chi connectivity index (χ3v) is 4.15. The summed E-state index contributed by atoms with van der Waals surface area (Å²) in [5, 5.41) is 6.84. The molecule has 6 nitrogen and oxygen atoms in total. The van der Waals surface area contributed by atoms with Crippen molar-refractivity contribution in [2.45, 2.75) is 84.0 Å². The molecule has 1 fully saturated rings. The first-order valence-corrected chi connectivity index (χ1v) is 8.36. The van der Waals surface area contributed by atoms with Crippen LogP contribution in [0.2, 0.25) is 0 Å². The third-order valence-electron chi connectivity index (χ3n) is 4.15. The van der Waals surface area contributed by atoms with Gasteiger partial charge in [0.05, 0.1) is 12.1 Å². The molecular formula is C16H27N3O3. The zero-order valence-corrected chi connectivity index (χ0v) is 13.8. The van der Waals surface area contributed by atoms with Crippen molar-refractivity contribution in [3.8, 4) is 0 Å². The quantitative estimate of drug-likeness (QED) is 0.817. The third kappa shape index (κ3) is 4.80. The van der Waals surface area contributed by atoms with Crippen molar-refractivity contribution in [3.63, 3.8) is 0 Å². The maximum Gasteiger partial charge on any atom is 0.249 e. The van der Waals surface area contributed by atoms with E-state index in [0.717, 1.165) is 12.8 Å². The lowest BCUT2D eigenvalue weighted by Crippen LogP contribution is -2.39. The second-order valence-corrected chi connectivity index (χ2v) is 6.03. The number of carbonyl (C=O) groups excluding carboxylic acids is 1. The van der Waals surface area contributed by atoms with E-state index in [1.165, 1.54) is 25.7 Å². The molecule has 124 valence electrons. The molecule has 0 saturated heterocycles. The molecule has 1 aromatic heterocycles. The Morgan fingerprint density at radius 3 is 2.59 bits per heavy atom. The summed E-state index contributed by atoms with van der Waals surface area (Å²) in [7, 11) is 0. The van der Waals surface area contributed by atoms with E-state index in [1.807, 2.05) is 13.8 Å². The van der Waals surface area contributed by atoms with Gasteiger partial charge in [-0.05, 0) is 26.2 Å². The molecule has 1 N–H and O–H groups in total. The van der Waals surface area contributed by atoms with Gasteiger partial charge in [0.15, 0.2) is 5.82 Å². The Morgan fingerprint density at radius 2 is 2.05 bits per heavy atom. The molecule has 22 heavy (non-hydrogen) atoms. The Bertz CT molecular complexity index is 467. The van der Waals surface area contributed by atoms with Crippen molar-refractivity contribution < 1.29 is 14.1 Å². The summed E-state index contributed by atoms with van der Waals surface area (Å²) in [5.41, 5.74) is 0. The Labute approximate surface area is 132 Å². The van der Waals surface area contributed by atoms with Gasteiger partial charge in [-0.15, -0.1) is 0 Å². The number of nitrogens with one attached hydrogen (secondary N) is 1. The first-order chi connectivity index (χ1) is 10.6. The van der Waals surface area contributed by atoms with Gasteiger partial charge in [0.25, 0.3) is 0 Å². The van der Waals surface area contributed by atoms with Crippen LogP contribution in [0.25, 0.3) is 0 Å². The van der Waals surface area contributed by atoms with Crippen molar-refractivity contribution in [1.29, 1.82) is 0 Å². The molecule has 0 aromatic carbocycles. The van der Waals surface area contributed by atoms with Crippen molar-refractivity contribution in [2.75, 3.05) is 0 Å². The van der Waals surface area contributed by atoms with Gasteiger partial charge in [0, 0.05) is 6.92 Å². The summed E-state index contributed by atoms with van der Waals surface area (Å²) >= 11 is 0. The Hall–Kier alpha value is -1.43. The molecule has 1 saturated carbocycles. The molecule has 2 atom stereocenters. The van der Waals surface area contributed by atoms with Crippen molar-refractivity contribution in [3.05, 3.63) is 11.7 Å². The van der Waals surface area contributed by atoms with E-state index < -0.39 is 6.10 Å². The lowest BCUT2D eigenvalue weighted by molar-refractivity contribution is -0.136. The maximum absolute atomic E-state index is 12.3. The molecule has 0 bridgehead atoms. The standard InChI is InChI=1S/C16H27N3O3/c1-4-14(15-17-12(3)22-19-15)18-16(20)11(2)21-13-9-7-5-6-8-10-13/h11,13-14H,4-10H2,1-3H3,(H,18,20)/t11-,14+/m1/s1. The van der Waals surface area contributed by atoms with Crippen molar-refractivity contribution in [1.82, 2.24) is 15.5 Å². The molecule has 0 spiro atoms. The number of hydrogen-bond donors (Lipinski definition) is 1. The molecule has 6 heteroatoms. The van der Waals surface area contributed by atoms with Crippen LogP contribution in [0.4, 0.5) is 0 Å². The minimum Gasteiger partial charge on any atom is -0.365 e. The summed E-state index contributed by atoms with van der Waals surface area (Å²) < 4.78 is 10.9. The molecule has 0 unspecified atom stereocenters. The number of aromatic nitrogens is 2. The van der Waals surface area contributed by atoms with Crippen LogP contribution in [0.5, 0.6) is 0 Å². The predicted octanol–water partition coefficient (Wildman–Crippen LogP) is 3.07. The number of hydrogen-bond acceptors (Lipinski definition) is 5. The highest BCUT2D eigenvalue weighted by molar-refractivity contribution is 5.80. The van der Waals surface area contributed by atoms with Crippen molar-refractivity contribution in [2.24, 2.45) is 0 Å². The highest BCUT2D eigenvalue weighted by Crippen LogP contribution is 2.21. The fourth-order valence-corrected chi connectivity index (χ4v) is 2.82. The highest BCUT2D eigenvalue weighted by atomic mass is 16.5. The van der Waals surface area contributed by atoms with E-state index >= 15 is 0 Å². The van der Waals surface area contributed by atoms with Crippen LogP contribution in [0, 0.1) is 6.92 Å². The van der Waals surface area contributed by atoms with Crippen LogP contribution in [0.3, 0.4) is 0 Å². The first-order valence-electron chi connectivity index (χ1n) is 8.36. The van der Waals surface area contributed by atoms with Gasteiger partial charge in [-0.25, -0.2) is 0 Å². The molecule has 1 heterocycles. The Balaban J connectivity index is 1.86. The van der Waals surface area contributed by atoms with E-state index in [4.69, 9.17) is 9.26 Å². The summed E-state index contributed by atoms with van der Waals surface area (Å²) in [5.74, 6) is 0.916. The van der Waals surface area contributed by atoms with E-state index in [-0.39, 0.29) is 18.1 Å². The summed E-state index contributed by atoms with van der Waals surface area (Å²) in [6.07, 6.45) is 7.50. The van der Waals surface area contributed by atoms with Gasteiger partial charge in [-0.2, -0.15) is 4.98 Å². The smallest absolute Gasteiger partial charge is 0.249 e. The normalized spacial score (nSPS) is 19.4. The Morgan fingerprint density at radius 1 is 1.36 bits per heavy atom. The molecule has 1 amide bonds. The van der Waals surface area contributed by atoms with Gasteiger partial charge in [0.1, 0.15) is 6.10 Å². The zero-order chi connectivity index (χ0) is 15.9. The molecule has 1 aliphatic rings. The molecule has 2 rings (SSSR count). The molecule has 0 radical (unpaired) electrons. The first kappa shape index (κ1) is 16.9. The number of rotatable bonds is 6. The molecule has 1 aliphatic carbocycles. The van der Waals surface area contributed by atoms with Gasteiger partial charge >= 0.3 is 0 Å². The SMILES string of the molecule is CC[C@H](NC(=O)[C@@H](C)OC1CCCCCC1)c1noc(C)n1. The monoisotopic (exact) mass is 309 g/mol. The topological polar surface area (TPSA) is 77.2 Å². The molecule has 1 aromatic rings. The van der Waals surface area contributed by atoms with E-state index in [9.17, 15) is 4.79 Å². The summed E-state index contributed by atoms with van der Waals surface area (Å²) in [6.45, 7) is 5.53. The summed E-state index contributed by atoms with van der Waals surface area (Å²) in [4.78, 5) is 16.5. The number of aryl methyl sites for hydroxylation is 1. The van der Waals surface area contributed by atoms with Crippen LogP contribution >= 0.6 is 0 Å². The fraction of sp³-hybridized carbons (Fsp3) is 0.812. The van der Waals surface area contributed by atoms with E-state index in [2.05, 4.69) is 15.5 Å². The average Bonchev–Trinajstić information content (AvgIpc) is 2.77. The van der Waals surface area contributed by atoms with Crippen LogP contribution < -0.4 is 5.32 Å². The zero-order valence-electron chi connectivity index (χ0n) is 13.8. The van der Waals surface area contributed by atoms with Crippen LogP contribution in [-0.2, 0) is 9.53 Å². The second kappa shape index (κ2) is 8.27. The maximum atomic E-state index is 12.3. The number of carbonyl (C=O) groups is 1. The van der Waals surface area contributed by atoms with E-state index in [1.54, 1.807) is 6.92 Å². The number of amides is 1. The molecular weight excluding hydrogens is 282 g/mol. The average molecular weight is 309 g/mol. The Kier molecular flexibility index (Phi) is 6.36. The van der Waals surface area contributed by atoms with Gasteiger partial charge < -0.3 is 14.6 Å².